The van der Waals surface area contributed by atoms with Crippen LogP contribution in [0.15, 0.2) is 24.3 Å². The van der Waals surface area contributed by atoms with E-state index >= 15 is 0 Å². The number of hydrogen-bond donors (Lipinski definition) is 1. The average Bonchev–Trinajstić information content (AvgIpc) is 2.78. The highest BCUT2D eigenvalue weighted by Crippen LogP contribution is 2.25. The predicted molar refractivity (Wildman–Crippen MR) is 74.0 cm³/mol. The zero-order valence-electron chi connectivity index (χ0n) is 10.1. The summed E-state index contributed by atoms with van der Waals surface area (Å²) in [6.07, 6.45) is 1.85. The summed E-state index contributed by atoms with van der Waals surface area (Å²) < 4.78 is 3.93. The van der Waals surface area contributed by atoms with Crippen LogP contribution in [0.4, 0.5) is 0 Å². The van der Waals surface area contributed by atoms with Crippen molar-refractivity contribution in [3.8, 4) is 0 Å². The van der Waals surface area contributed by atoms with Crippen LogP contribution < -0.4 is 0 Å². The molecule has 0 bridgehead atoms. The summed E-state index contributed by atoms with van der Waals surface area (Å²) in [4.78, 5) is 0.872. The maximum absolute atomic E-state index is 10.2. The largest absolute Gasteiger partial charge is 0.387 e. The molecule has 1 aromatic carbocycles. The van der Waals surface area contributed by atoms with Gasteiger partial charge in [0.05, 0.1) is 16.7 Å². The molecule has 96 valence electrons. The molecule has 1 aromatic heterocycles. The molecular formula is C13H15ClN2OS. The molecule has 0 radical (unpaired) electrons. The minimum Gasteiger partial charge on any atom is -0.387 e. The van der Waals surface area contributed by atoms with E-state index in [-0.39, 0.29) is 0 Å². The van der Waals surface area contributed by atoms with Crippen LogP contribution in [0, 0.1) is 0 Å². The van der Waals surface area contributed by atoms with E-state index in [4.69, 9.17) is 11.6 Å². The number of halogens is 1. The van der Waals surface area contributed by atoms with Crippen LogP contribution in [0.1, 0.15) is 35.6 Å². The van der Waals surface area contributed by atoms with Gasteiger partial charge in [0.25, 0.3) is 0 Å². The molecular weight excluding hydrogens is 268 g/mol. The average molecular weight is 283 g/mol. The summed E-state index contributed by atoms with van der Waals surface area (Å²) in [6.45, 7) is 2.09. The van der Waals surface area contributed by atoms with Crippen molar-refractivity contribution in [1.82, 2.24) is 9.59 Å². The Morgan fingerprint density at radius 3 is 3.00 bits per heavy atom. The third-order valence-electron chi connectivity index (χ3n) is 2.69. The number of aliphatic hydroxyl groups is 1. The van der Waals surface area contributed by atoms with Gasteiger partial charge in [0.15, 0.2) is 0 Å². The second-order valence-electron chi connectivity index (χ2n) is 4.18. The van der Waals surface area contributed by atoms with Gasteiger partial charge in [-0.15, -0.1) is 5.10 Å². The number of rotatable bonds is 5. The smallest absolute Gasteiger partial charge is 0.0957 e. The molecule has 5 heteroatoms. The van der Waals surface area contributed by atoms with E-state index in [2.05, 4.69) is 16.5 Å². The summed E-state index contributed by atoms with van der Waals surface area (Å²) >= 11 is 7.21. The van der Waals surface area contributed by atoms with Crippen LogP contribution in [0.3, 0.4) is 0 Å². The van der Waals surface area contributed by atoms with E-state index in [0.29, 0.717) is 11.4 Å². The summed E-state index contributed by atoms with van der Waals surface area (Å²) in [5, 5.41) is 15.0. The molecule has 1 heterocycles. The van der Waals surface area contributed by atoms with Crippen molar-refractivity contribution in [2.45, 2.75) is 32.3 Å². The van der Waals surface area contributed by atoms with E-state index in [9.17, 15) is 5.11 Å². The normalized spacial score (nSPS) is 12.6. The molecule has 0 saturated carbocycles. The maximum Gasteiger partial charge on any atom is 0.0957 e. The van der Waals surface area contributed by atoms with Crippen molar-refractivity contribution in [3.63, 3.8) is 0 Å². The lowest BCUT2D eigenvalue weighted by Crippen LogP contribution is -2.03. The molecule has 18 heavy (non-hydrogen) atoms. The highest BCUT2D eigenvalue weighted by Gasteiger charge is 2.16. The second-order valence-corrected chi connectivity index (χ2v) is 5.41. The van der Waals surface area contributed by atoms with Crippen LogP contribution in [-0.4, -0.2) is 14.7 Å². The molecule has 0 fully saturated rings. The second kappa shape index (κ2) is 6.27. The number of aromatic nitrogens is 2. The Hall–Kier alpha value is -0.970. The Bertz CT molecular complexity index is 515. The SMILES string of the molecule is CCCc1nnsc1C(O)Cc1cccc(Cl)c1. The lowest BCUT2D eigenvalue weighted by atomic mass is 10.0. The third-order valence-corrected chi connectivity index (χ3v) is 3.80. The fourth-order valence-electron chi connectivity index (χ4n) is 1.86. The molecule has 0 saturated heterocycles. The van der Waals surface area contributed by atoms with Gasteiger partial charge in [0.2, 0.25) is 0 Å². The fourth-order valence-corrected chi connectivity index (χ4v) is 2.75. The molecule has 0 aliphatic carbocycles. The van der Waals surface area contributed by atoms with Crippen molar-refractivity contribution in [2.75, 3.05) is 0 Å². The minimum atomic E-state index is -0.551. The number of nitrogens with zero attached hydrogens (tertiary/aromatic N) is 2. The first-order chi connectivity index (χ1) is 8.70. The van der Waals surface area contributed by atoms with E-state index in [0.717, 1.165) is 29.0 Å². The third kappa shape index (κ3) is 3.28. The summed E-state index contributed by atoms with van der Waals surface area (Å²) in [7, 11) is 0. The van der Waals surface area contributed by atoms with E-state index in [1.54, 1.807) is 0 Å². The maximum atomic E-state index is 10.2. The molecule has 1 atom stereocenters. The standard InChI is InChI=1S/C13H15ClN2OS/c1-2-4-11-13(18-16-15-11)12(17)8-9-5-3-6-10(14)7-9/h3,5-7,12,17H,2,4,8H2,1H3. The molecule has 1 unspecified atom stereocenters. The Kier molecular flexibility index (Phi) is 4.69. The van der Waals surface area contributed by atoms with Crippen molar-refractivity contribution in [2.24, 2.45) is 0 Å². The number of hydrogen-bond acceptors (Lipinski definition) is 4. The predicted octanol–water partition coefficient (Wildman–Crippen LogP) is 3.42. The molecule has 0 aliphatic heterocycles. The Balaban J connectivity index is 2.11. The van der Waals surface area contributed by atoms with Crippen molar-refractivity contribution >= 4 is 23.1 Å². The molecule has 0 aliphatic rings. The van der Waals surface area contributed by atoms with E-state index in [1.807, 2.05) is 24.3 Å². The van der Waals surface area contributed by atoms with Crippen LogP contribution in [0.25, 0.3) is 0 Å². The lowest BCUT2D eigenvalue weighted by Gasteiger charge is -2.09. The highest BCUT2D eigenvalue weighted by atomic mass is 35.5. The van der Waals surface area contributed by atoms with Crippen molar-refractivity contribution in [3.05, 3.63) is 45.4 Å². The van der Waals surface area contributed by atoms with Gasteiger partial charge in [-0.25, -0.2) is 0 Å². The Labute approximate surface area is 116 Å². The minimum absolute atomic E-state index is 0.543. The summed E-state index contributed by atoms with van der Waals surface area (Å²) in [5.41, 5.74) is 1.93. The van der Waals surface area contributed by atoms with Gasteiger partial charge in [-0.3, -0.25) is 0 Å². The highest BCUT2D eigenvalue weighted by molar-refractivity contribution is 7.05. The first kappa shape index (κ1) is 13.5. The Morgan fingerprint density at radius 2 is 2.28 bits per heavy atom. The van der Waals surface area contributed by atoms with Gasteiger partial charge in [0.1, 0.15) is 0 Å². The zero-order valence-corrected chi connectivity index (χ0v) is 11.7. The van der Waals surface area contributed by atoms with E-state index in [1.165, 1.54) is 11.5 Å². The van der Waals surface area contributed by atoms with Gasteiger partial charge in [0, 0.05) is 11.4 Å². The van der Waals surface area contributed by atoms with Crippen molar-refractivity contribution < 1.29 is 5.11 Å². The fraction of sp³-hybridized carbons (Fsp3) is 0.385. The molecule has 0 amide bonds. The van der Waals surface area contributed by atoms with Gasteiger partial charge in [-0.05, 0) is 35.6 Å². The van der Waals surface area contributed by atoms with Crippen LogP contribution in [0.5, 0.6) is 0 Å². The van der Waals surface area contributed by atoms with Gasteiger partial charge in [-0.2, -0.15) is 0 Å². The first-order valence-electron chi connectivity index (χ1n) is 5.94. The van der Waals surface area contributed by atoms with Gasteiger partial charge >= 0.3 is 0 Å². The van der Waals surface area contributed by atoms with Gasteiger partial charge in [-0.1, -0.05) is 41.6 Å². The first-order valence-corrected chi connectivity index (χ1v) is 7.09. The molecule has 0 spiro atoms. The van der Waals surface area contributed by atoms with Crippen LogP contribution in [-0.2, 0) is 12.8 Å². The quantitative estimate of drug-likeness (QED) is 0.914. The number of aryl methyl sites for hydroxylation is 1. The summed E-state index contributed by atoms with van der Waals surface area (Å²) in [6, 6.07) is 7.55. The Morgan fingerprint density at radius 1 is 1.44 bits per heavy atom. The van der Waals surface area contributed by atoms with Crippen LogP contribution >= 0.6 is 23.1 Å². The zero-order chi connectivity index (χ0) is 13.0. The molecule has 1 N–H and O–H groups in total. The van der Waals surface area contributed by atoms with Crippen LogP contribution in [0.2, 0.25) is 5.02 Å². The summed E-state index contributed by atoms with van der Waals surface area (Å²) in [5.74, 6) is 0. The number of benzene rings is 1. The number of aliphatic hydroxyl groups excluding tert-OH is 1. The molecule has 3 nitrogen and oxygen atoms in total. The molecule has 2 aromatic rings. The molecule has 2 rings (SSSR count). The van der Waals surface area contributed by atoms with Crippen molar-refractivity contribution in [1.29, 1.82) is 0 Å². The van der Waals surface area contributed by atoms with Gasteiger partial charge < -0.3 is 5.11 Å². The monoisotopic (exact) mass is 282 g/mol. The topological polar surface area (TPSA) is 46.0 Å². The lowest BCUT2D eigenvalue weighted by molar-refractivity contribution is 0.181. The van der Waals surface area contributed by atoms with E-state index < -0.39 is 6.10 Å².